The third kappa shape index (κ3) is 13.1. The van der Waals surface area contributed by atoms with Crippen LogP contribution in [0.4, 0.5) is 0 Å². The van der Waals surface area contributed by atoms with Gasteiger partial charge >= 0.3 is 5.97 Å². The van der Waals surface area contributed by atoms with Crippen LogP contribution in [0.2, 0.25) is 0 Å². The first kappa shape index (κ1) is 23.2. The van der Waals surface area contributed by atoms with Crippen molar-refractivity contribution in [2.75, 3.05) is 0 Å². The fraction of sp³-hybridized carbons (Fsp3) is 0.625. The lowest BCUT2D eigenvalue weighted by Crippen LogP contribution is -2.05. The van der Waals surface area contributed by atoms with E-state index in [0.29, 0.717) is 13.0 Å². The number of unbranched alkanes of at least 4 members (excludes halogenated alkanes) is 8. The average Bonchev–Trinajstić information content (AvgIpc) is 2.67. The number of hydrogen-bond acceptors (Lipinski definition) is 2. The fourth-order valence-electron chi connectivity index (χ4n) is 2.88. The van der Waals surface area contributed by atoms with Crippen LogP contribution in [0.25, 0.3) is 0 Å². The van der Waals surface area contributed by atoms with Gasteiger partial charge in [0, 0.05) is 12.8 Å². The summed E-state index contributed by atoms with van der Waals surface area (Å²) in [6.07, 6.45) is 12.2. The van der Waals surface area contributed by atoms with Gasteiger partial charge in [0.2, 0.25) is 0 Å². The molecule has 0 heterocycles. The van der Waals surface area contributed by atoms with Crippen LogP contribution in [-0.2, 0) is 22.6 Å². The van der Waals surface area contributed by atoms with Gasteiger partial charge in [0.05, 0.1) is 6.61 Å². The molecule has 0 unspecified atom stereocenters. The molecule has 3 heteroatoms. The van der Waals surface area contributed by atoms with Gasteiger partial charge in [-0.15, -0.1) is 5.92 Å². The topological polar surface area (TPSA) is 46.5 Å². The molecular formula is C24H36O3. The predicted octanol–water partition coefficient (Wildman–Crippen LogP) is 6.14. The zero-order chi connectivity index (χ0) is 19.7. The zero-order valence-electron chi connectivity index (χ0n) is 17.1. The highest BCUT2D eigenvalue weighted by molar-refractivity contribution is 5.67. The largest absolute Gasteiger partial charge is 0.481 e. The molecule has 3 nitrogen and oxygen atoms in total. The molecule has 150 valence electrons. The first-order chi connectivity index (χ1) is 13.1. The lowest BCUT2D eigenvalue weighted by Gasteiger charge is -2.08. The van der Waals surface area contributed by atoms with E-state index in [1.54, 1.807) is 0 Å². The molecule has 0 amide bonds. The van der Waals surface area contributed by atoms with Gasteiger partial charge in [0.25, 0.3) is 0 Å². The lowest BCUT2D eigenvalue weighted by atomic mass is 10.1. The van der Waals surface area contributed by atoms with Crippen LogP contribution in [-0.4, -0.2) is 17.2 Å². The first-order valence-electron chi connectivity index (χ1n) is 10.5. The van der Waals surface area contributed by atoms with E-state index >= 15 is 0 Å². The predicted molar refractivity (Wildman–Crippen MR) is 112 cm³/mol. The number of benzene rings is 1. The van der Waals surface area contributed by atoms with Crippen LogP contribution in [0, 0.1) is 11.8 Å². The molecule has 1 atom stereocenters. The molecule has 1 aromatic rings. The summed E-state index contributed by atoms with van der Waals surface area (Å²) in [6.45, 7) is 4.78. The molecule has 0 aromatic heterocycles. The Hall–Kier alpha value is -1.79. The Balaban J connectivity index is 2.10. The molecule has 0 saturated carbocycles. The number of carboxylic acids is 1. The SMILES string of the molecule is CCCCCCCCCCC#C[C@H](C)OCc1ccc(CCC(=O)O)cc1. The van der Waals surface area contributed by atoms with Gasteiger partial charge in [-0.25, -0.2) is 0 Å². The summed E-state index contributed by atoms with van der Waals surface area (Å²) in [5, 5.41) is 8.71. The number of hydrogen-bond donors (Lipinski definition) is 1. The molecule has 1 N–H and O–H groups in total. The third-order valence-electron chi connectivity index (χ3n) is 4.61. The van der Waals surface area contributed by atoms with E-state index in [2.05, 4.69) is 18.8 Å². The summed E-state index contributed by atoms with van der Waals surface area (Å²) < 4.78 is 5.78. The third-order valence-corrected chi connectivity index (χ3v) is 4.61. The Morgan fingerprint density at radius 3 is 2.22 bits per heavy atom. The van der Waals surface area contributed by atoms with Gasteiger partial charge in [-0.3, -0.25) is 4.79 Å². The fourth-order valence-corrected chi connectivity index (χ4v) is 2.88. The molecule has 0 spiro atoms. The highest BCUT2D eigenvalue weighted by Gasteiger charge is 2.01. The molecule has 0 bridgehead atoms. The molecule has 0 saturated heterocycles. The summed E-state index contributed by atoms with van der Waals surface area (Å²) in [6, 6.07) is 7.94. The maximum atomic E-state index is 10.6. The van der Waals surface area contributed by atoms with Gasteiger partial charge in [-0.05, 0) is 30.9 Å². The van der Waals surface area contributed by atoms with Crippen molar-refractivity contribution in [3.8, 4) is 11.8 Å². The van der Waals surface area contributed by atoms with E-state index in [1.807, 2.05) is 31.2 Å². The molecule has 0 aliphatic rings. The summed E-state index contributed by atoms with van der Waals surface area (Å²) in [5.41, 5.74) is 2.13. The van der Waals surface area contributed by atoms with Crippen molar-refractivity contribution in [1.82, 2.24) is 0 Å². The van der Waals surface area contributed by atoms with Crippen molar-refractivity contribution in [3.05, 3.63) is 35.4 Å². The van der Waals surface area contributed by atoms with Gasteiger partial charge in [-0.2, -0.15) is 0 Å². The maximum absolute atomic E-state index is 10.6. The van der Waals surface area contributed by atoms with E-state index in [-0.39, 0.29) is 12.5 Å². The lowest BCUT2D eigenvalue weighted by molar-refractivity contribution is -0.136. The normalized spacial score (nSPS) is 11.6. The van der Waals surface area contributed by atoms with E-state index in [1.165, 1.54) is 51.4 Å². The Bertz CT molecular complexity index is 566. The highest BCUT2D eigenvalue weighted by atomic mass is 16.5. The quantitative estimate of drug-likeness (QED) is 0.315. The van der Waals surface area contributed by atoms with E-state index in [9.17, 15) is 4.79 Å². The monoisotopic (exact) mass is 372 g/mol. The summed E-state index contributed by atoms with van der Waals surface area (Å²) in [4.78, 5) is 10.6. The molecular weight excluding hydrogens is 336 g/mol. The Kier molecular flexibility index (Phi) is 13.2. The van der Waals surface area contributed by atoms with Gasteiger partial charge in [0.1, 0.15) is 6.10 Å². The second-order valence-corrected chi connectivity index (χ2v) is 7.21. The minimum absolute atomic E-state index is 0.0641. The molecule has 0 aliphatic carbocycles. The number of ether oxygens (including phenoxy) is 1. The van der Waals surface area contributed by atoms with E-state index in [4.69, 9.17) is 9.84 Å². The Morgan fingerprint density at radius 2 is 1.59 bits per heavy atom. The molecule has 27 heavy (non-hydrogen) atoms. The molecule has 1 aromatic carbocycles. The van der Waals surface area contributed by atoms with Crippen LogP contribution in [0.5, 0.6) is 0 Å². The minimum atomic E-state index is -0.762. The summed E-state index contributed by atoms with van der Waals surface area (Å²) >= 11 is 0. The van der Waals surface area contributed by atoms with Crippen molar-refractivity contribution < 1.29 is 14.6 Å². The number of carbonyl (C=O) groups is 1. The number of aryl methyl sites for hydroxylation is 1. The average molecular weight is 373 g/mol. The van der Waals surface area contributed by atoms with Crippen molar-refractivity contribution >= 4 is 5.97 Å². The van der Waals surface area contributed by atoms with Gasteiger partial charge in [-0.1, -0.05) is 82.1 Å². The van der Waals surface area contributed by atoms with Crippen LogP contribution < -0.4 is 0 Å². The van der Waals surface area contributed by atoms with Crippen molar-refractivity contribution in [2.45, 2.75) is 97.2 Å². The van der Waals surface area contributed by atoms with Crippen LogP contribution in [0.15, 0.2) is 24.3 Å². The van der Waals surface area contributed by atoms with Gasteiger partial charge in [0.15, 0.2) is 0 Å². The summed E-state index contributed by atoms with van der Waals surface area (Å²) in [7, 11) is 0. The van der Waals surface area contributed by atoms with Crippen molar-refractivity contribution in [3.63, 3.8) is 0 Å². The van der Waals surface area contributed by atoms with Gasteiger partial charge < -0.3 is 9.84 Å². The Labute approximate surface area is 165 Å². The molecule has 0 radical (unpaired) electrons. The summed E-state index contributed by atoms with van der Waals surface area (Å²) in [5.74, 6) is 5.65. The van der Waals surface area contributed by atoms with Crippen LogP contribution >= 0.6 is 0 Å². The first-order valence-corrected chi connectivity index (χ1v) is 10.5. The van der Waals surface area contributed by atoms with E-state index in [0.717, 1.165) is 17.5 Å². The number of carboxylic acid groups (broad SMARTS) is 1. The second-order valence-electron chi connectivity index (χ2n) is 7.21. The molecule has 0 aliphatic heterocycles. The Morgan fingerprint density at radius 1 is 1.00 bits per heavy atom. The second kappa shape index (κ2) is 15.3. The van der Waals surface area contributed by atoms with Crippen LogP contribution in [0.1, 0.15) is 89.2 Å². The zero-order valence-corrected chi connectivity index (χ0v) is 17.1. The molecule has 1 rings (SSSR count). The van der Waals surface area contributed by atoms with Crippen molar-refractivity contribution in [2.24, 2.45) is 0 Å². The standard InChI is InChI=1S/C24H36O3/c1-3-4-5-6-7-8-9-10-11-12-13-21(2)27-20-23-16-14-22(15-17-23)18-19-24(25)26/h14-17,21H,3-11,18-20H2,1-2H3,(H,25,26)/t21-/m0/s1. The van der Waals surface area contributed by atoms with E-state index < -0.39 is 5.97 Å². The number of aliphatic carboxylic acids is 1. The highest BCUT2D eigenvalue weighted by Crippen LogP contribution is 2.10. The number of rotatable bonds is 14. The molecule has 0 fully saturated rings. The maximum Gasteiger partial charge on any atom is 0.303 e. The smallest absolute Gasteiger partial charge is 0.303 e. The van der Waals surface area contributed by atoms with Crippen LogP contribution in [0.3, 0.4) is 0 Å². The minimum Gasteiger partial charge on any atom is -0.481 e. The van der Waals surface area contributed by atoms with Crippen molar-refractivity contribution in [1.29, 1.82) is 0 Å².